The summed E-state index contributed by atoms with van der Waals surface area (Å²) in [5.74, 6) is -1.08. The first-order chi connectivity index (χ1) is 10.6. The molecule has 2 rings (SSSR count). The van der Waals surface area contributed by atoms with Crippen molar-refractivity contribution in [3.05, 3.63) is 59.9 Å². The number of carbonyl (C=O) groups is 2. The van der Waals surface area contributed by atoms with Crippen molar-refractivity contribution in [3.8, 4) is 6.07 Å². The van der Waals surface area contributed by atoms with E-state index in [0.29, 0.717) is 16.8 Å². The molecule has 110 valence electrons. The van der Waals surface area contributed by atoms with Gasteiger partial charge in [0.05, 0.1) is 17.2 Å². The van der Waals surface area contributed by atoms with Crippen LogP contribution < -0.4 is 5.32 Å². The highest BCUT2D eigenvalue weighted by molar-refractivity contribution is 5.97. The van der Waals surface area contributed by atoms with Crippen LogP contribution in [0.2, 0.25) is 0 Å². The third kappa shape index (κ3) is 3.90. The van der Waals surface area contributed by atoms with Gasteiger partial charge in [-0.3, -0.25) is 9.78 Å². The van der Waals surface area contributed by atoms with Crippen LogP contribution in [-0.4, -0.2) is 23.0 Å². The van der Waals surface area contributed by atoms with E-state index in [0.717, 1.165) is 0 Å². The molecule has 2 aromatic rings. The van der Waals surface area contributed by atoms with Crippen LogP contribution in [0.1, 0.15) is 22.8 Å². The lowest BCUT2D eigenvalue weighted by Gasteiger charge is -2.13. The summed E-state index contributed by atoms with van der Waals surface area (Å²) in [4.78, 5) is 27.6. The molecule has 0 aliphatic carbocycles. The lowest BCUT2D eigenvalue weighted by atomic mass is 10.2. The van der Waals surface area contributed by atoms with Crippen LogP contribution in [0.4, 0.5) is 5.69 Å². The van der Waals surface area contributed by atoms with Crippen molar-refractivity contribution in [3.63, 3.8) is 0 Å². The molecule has 0 bridgehead atoms. The van der Waals surface area contributed by atoms with Gasteiger partial charge in [-0.1, -0.05) is 6.07 Å². The zero-order valence-electron chi connectivity index (χ0n) is 11.8. The van der Waals surface area contributed by atoms with Crippen LogP contribution in [-0.2, 0) is 9.53 Å². The smallest absolute Gasteiger partial charge is 0.339 e. The fraction of sp³-hybridized carbons (Fsp3) is 0.125. The molecule has 1 amide bonds. The number of carbonyl (C=O) groups excluding carboxylic acids is 2. The Morgan fingerprint density at radius 3 is 2.68 bits per heavy atom. The second-order valence-corrected chi connectivity index (χ2v) is 4.47. The number of anilines is 1. The number of hydrogen-bond acceptors (Lipinski definition) is 5. The number of nitrogens with zero attached hydrogens (tertiary/aromatic N) is 2. The number of rotatable bonds is 4. The Morgan fingerprint density at radius 2 is 2.00 bits per heavy atom. The number of pyridine rings is 1. The number of hydrogen-bond donors (Lipinski definition) is 1. The first-order valence-corrected chi connectivity index (χ1v) is 6.52. The molecule has 6 heteroatoms. The molecule has 22 heavy (non-hydrogen) atoms. The number of aromatic nitrogens is 1. The van der Waals surface area contributed by atoms with Gasteiger partial charge in [0.2, 0.25) is 0 Å². The summed E-state index contributed by atoms with van der Waals surface area (Å²) in [6.45, 7) is 1.47. The van der Waals surface area contributed by atoms with Crippen molar-refractivity contribution in [1.82, 2.24) is 4.98 Å². The maximum absolute atomic E-state index is 12.0. The summed E-state index contributed by atoms with van der Waals surface area (Å²) in [6.07, 6.45) is 1.97. The second kappa shape index (κ2) is 6.99. The fourth-order valence-electron chi connectivity index (χ4n) is 1.68. The third-order valence-electron chi connectivity index (χ3n) is 2.83. The Kier molecular flexibility index (Phi) is 4.83. The van der Waals surface area contributed by atoms with Gasteiger partial charge >= 0.3 is 5.97 Å². The van der Waals surface area contributed by atoms with Crippen LogP contribution in [0.15, 0.2) is 48.8 Å². The molecule has 1 N–H and O–H groups in total. The summed E-state index contributed by atoms with van der Waals surface area (Å²) in [6, 6.07) is 11.5. The second-order valence-electron chi connectivity index (χ2n) is 4.47. The summed E-state index contributed by atoms with van der Waals surface area (Å²) in [5, 5.41) is 11.4. The Hall–Kier alpha value is -3.20. The molecule has 6 nitrogen and oxygen atoms in total. The van der Waals surface area contributed by atoms with E-state index in [1.807, 2.05) is 6.07 Å². The van der Waals surface area contributed by atoms with Gasteiger partial charge in [0, 0.05) is 18.1 Å². The van der Waals surface area contributed by atoms with Gasteiger partial charge in [-0.05, 0) is 37.3 Å². The normalized spacial score (nSPS) is 11.1. The van der Waals surface area contributed by atoms with Crippen molar-refractivity contribution < 1.29 is 14.3 Å². The molecular weight excluding hydrogens is 282 g/mol. The zero-order chi connectivity index (χ0) is 15.9. The maximum Gasteiger partial charge on any atom is 0.339 e. The number of ether oxygens (including phenoxy) is 1. The van der Waals surface area contributed by atoms with E-state index in [2.05, 4.69) is 10.3 Å². The van der Waals surface area contributed by atoms with Crippen LogP contribution in [0.5, 0.6) is 0 Å². The van der Waals surface area contributed by atoms with Crippen molar-refractivity contribution in [2.75, 3.05) is 5.32 Å². The maximum atomic E-state index is 12.0. The average molecular weight is 295 g/mol. The van der Waals surface area contributed by atoms with E-state index < -0.39 is 18.0 Å². The SMILES string of the molecule is C[C@H](OC(=O)c1ccncc1)C(=O)Nc1cccc(C#N)c1. The lowest BCUT2D eigenvalue weighted by Crippen LogP contribution is -2.30. The summed E-state index contributed by atoms with van der Waals surface area (Å²) >= 11 is 0. The van der Waals surface area contributed by atoms with Crippen molar-refractivity contribution in [2.24, 2.45) is 0 Å². The molecule has 1 atom stereocenters. The number of amides is 1. The van der Waals surface area contributed by atoms with Crippen molar-refractivity contribution in [2.45, 2.75) is 13.0 Å². The molecule has 0 unspecified atom stereocenters. The minimum atomic E-state index is -0.966. The summed E-state index contributed by atoms with van der Waals surface area (Å²) < 4.78 is 5.08. The quantitative estimate of drug-likeness (QED) is 0.872. The predicted molar refractivity (Wildman–Crippen MR) is 78.9 cm³/mol. The largest absolute Gasteiger partial charge is 0.449 e. The summed E-state index contributed by atoms with van der Waals surface area (Å²) in [7, 11) is 0. The minimum absolute atomic E-state index is 0.320. The van der Waals surface area contributed by atoms with Crippen LogP contribution in [0, 0.1) is 11.3 Å². The molecule has 0 radical (unpaired) electrons. The summed E-state index contributed by atoms with van der Waals surface area (Å²) in [5.41, 5.74) is 1.22. The predicted octanol–water partition coefficient (Wildman–Crippen LogP) is 2.14. The average Bonchev–Trinajstić information content (AvgIpc) is 2.55. The van der Waals surface area contributed by atoms with Gasteiger partial charge in [0.15, 0.2) is 6.10 Å². The monoisotopic (exact) mass is 295 g/mol. The first-order valence-electron chi connectivity index (χ1n) is 6.52. The van der Waals surface area contributed by atoms with Crippen LogP contribution >= 0.6 is 0 Å². The van der Waals surface area contributed by atoms with E-state index >= 15 is 0 Å². The molecule has 0 spiro atoms. The number of nitriles is 1. The van der Waals surface area contributed by atoms with Gasteiger partial charge in [0.25, 0.3) is 5.91 Å². The molecular formula is C16H13N3O3. The highest BCUT2D eigenvalue weighted by Crippen LogP contribution is 2.11. The molecule has 0 aliphatic heterocycles. The van der Waals surface area contributed by atoms with E-state index in [-0.39, 0.29) is 0 Å². The Morgan fingerprint density at radius 1 is 1.27 bits per heavy atom. The standard InChI is InChI=1S/C16H13N3O3/c1-11(22-16(21)13-5-7-18-8-6-13)15(20)19-14-4-2-3-12(9-14)10-17/h2-9,11H,1H3,(H,19,20)/t11-/m0/s1. The van der Waals surface area contributed by atoms with Gasteiger partial charge in [-0.15, -0.1) is 0 Å². The van der Waals surface area contributed by atoms with Crippen LogP contribution in [0.3, 0.4) is 0 Å². The van der Waals surface area contributed by atoms with E-state index in [4.69, 9.17) is 10.00 Å². The fourth-order valence-corrected chi connectivity index (χ4v) is 1.68. The zero-order valence-corrected chi connectivity index (χ0v) is 11.8. The van der Waals surface area contributed by atoms with Crippen molar-refractivity contribution >= 4 is 17.6 Å². The van der Waals surface area contributed by atoms with E-state index in [9.17, 15) is 9.59 Å². The highest BCUT2D eigenvalue weighted by atomic mass is 16.5. The minimum Gasteiger partial charge on any atom is -0.449 e. The number of esters is 1. The molecule has 1 aromatic carbocycles. The molecule has 0 saturated heterocycles. The van der Waals surface area contributed by atoms with E-state index in [1.165, 1.54) is 37.5 Å². The van der Waals surface area contributed by atoms with Gasteiger partial charge in [0.1, 0.15) is 0 Å². The molecule has 1 aromatic heterocycles. The van der Waals surface area contributed by atoms with Crippen LogP contribution in [0.25, 0.3) is 0 Å². The first kappa shape index (κ1) is 15.2. The lowest BCUT2D eigenvalue weighted by molar-refractivity contribution is -0.123. The molecule has 0 fully saturated rings. The molecule has 1 heterocycles. The highest BCUT2D eigenvalue weighted by Gasteiger charge is 2.19. The topological polar surface area (TPSA) is 92.1 Å². The van der Waals surface area contributed by atoms with E-state index in [1.54, 1.807) is 18.2 Å². The van der Waals surface area contributed by atoms with Gasteiger partial charge in [-0.25, -0.2) is 4.79 Å². The number of benzene rings is 1. The molecule has 0 aliphatic rings. The Bertz CT molecular complexity index is 723. The Balaban J connectivity index is 1.97. The van der Waals surface area contributed by atoms with Gasteiger partial charge < -0.3 is 10.1 Å². The number of nitrogens with one attached hydrogen (secondary N) is 1. The molecule has 0 saturated carbocycles. The third-order valence-corrected chi connectivity index (χ3v) is 2.83. The Labute approximate surface area is 127 Å². The van der Waals surface area contributed by atoms with Crippen molar-refractivity contribution in [1.29, 1.82) is 5.26 Å². The van der Waals surface area contributed by atoms with Gasteiger partial charge in [-0.2, -0.15) is 5.26 Å².